The Balaban J connectivity index is 1.17. The molecule has 2 unspecified atom stereocenters. The number of nitrogens with one attached hydrogen (secondary N) is 1. The van der Waals surface area contributed by atoms with E-state index in [4.69, 9.17) is 4.99 Å². The first-order valence-corrected chi connectivity index (χ1v) is 16.2. The molecule has 1 aliphatic heterocycles. The molecule has 216 valence electrons. The third-order valence-electron chi connectivity index (χ3n) is 9.11. The van der Waals surface area contributed by atoms with E-state index in [1.807, 2.05) is 17.4 Å². The van der Waals surface area contributed by atoms with Crippen molar-refractivity contribution in [1.82, 2.24) is 14.8 Å². The lowest BCUT2D eigenvalue weighted by molar-refractivity contribution is 0.152. The van der Waals surface area contributed by atoms with Gasteiger partial charge in [0.15, 0.2) is 0 Å². The molecule has 0 fully saturated rings. The number of fused-ring (bicyclic) bond motifs is 7. The number of nitrogens with zero attached hydrogens (tertiary/aromatic N) is 3. The first-order valence-electron chi connectivity index (χ1n) is 15.3. The molecule has 2 atom stereocenters. The first kappa shape index (κ1) is 26.2. The van der Waals surface area contributed by atoms with E-state index in [1.165, 1.54) is 47.5 Å². The molecular weight excluding hydrogens is 569 g/mol. The van der Waals surface area contributed by atoms with Gasteiger partial charge in [0.25, 0.3) is 0 Å². The Labute approximate surface area is 265 Å². The van der Waals surface area contributed by atoms with Gasteiger partial charge < -0.3 is 9.88 Å². The van der Waals surface area contributed by atoms with Crippen LogP contribution in [-0.4, -0.2) is 22.4 Å². The molecule has 0 saturated heterocycles. The fourth-order valence-electron chi connectivity index (χ4n) is 6.95. The molecule has 6 aromatic carbocycles. The maximum Gasteiger partial charge on any atom is 0.132 e. The molecule has 0 amide bonds. The lowest BCUT2D eigenvalue weighted by Crippen LogP contribution is -2.45. The van der Waals surface area contributed by atoms with Gasteiger partial charge in [-0.3, -0.25) is 4.90 Å². The molecule has 0 radical (unpaired) electrons. The number of hydrogen-bond donors (Lipinski definition) is 1. The zero-order valence-electron chi connectivity index (χ0n) is 24.8. The predicted octanol–water partition coefficient (Wildman–Crippen LogP) is 9.83. The summed E-state index contributed by atoms with van der Waals surface area (Å²) in [7, 11) is 2.15. The third-order valence-corrected chi connectivity index (χ3v) is 10.3. The van der Waals surface area contributed by atoms with E-state index in [1.54, 1.807) is 0 Å². The second kappa shape index (κ2) is 10.4. The minimum Gasteiger partial charge on any atom is -0.350 e. The molecule has 1 aliphatic rings. The summed E-state index contributed by atoms with van der Waals surface area (Å²) >= 11 is 1.89. The minimum atomic E-state index is -0.142. The van der Waals surface area contributed by atoms with Crippen LogP contribution in [0, 0.1) is 0 Å². The van der Waals surface area contributed by atoms with Gasteiger partial charge in [0.1, 0.15) is 18.2 Å². The average molecular weight is 599 g/mol. The van der Waals surface area contributed by atoms with Crippen molar-refractivity contribution in [2.24, 2.45) is 4.99 Å². The molecule has 0 bridgehead atoms. The molecule has 9 rings (SSSR count). The normalized spacial score (nSPS) is 17.2. The molecular formula is C40H30N4S. The van der Waals surface area contributed by atoms with Crippen molar-refractivity contribution in [1.29, 1.82) is 0 Å². The van der Waals surface area contributed by atoms with Crippen LogP contribution in [0.4, 0.5) is 0 Å². The van der Waals surface area contributed by atoms with Crippen LogP contribution in [-0.2, 0) is 0 Å². The second-order valence-electron chi connectivity index (χ2n) is 11.7. The highest BCUT2D eigenvalue weighted by atomic mass is 32.1. The molecule has 5 heteroatoms. The van der Waals surface area contributed by atoms with Crippen LogP contribution in [0.3, 0.4) is 0 Å². The van der Waals surface area contributed by atoms with Crippen molar-refractivity contribution in [3.63, 3.8) is 0 Å². The molecule has 2 aromatic heterocycles. The smallest absolute Gasteiger partial charge is 0.132 e. The SMILES string of the molecule is CN1C(c2ccc(-n3c4ccccc4c4c5sc6ccccc6c5ccc43)cc2)N=C(c2ccccc2)NC1c1ccccc1. The zero-order valence-corrected chi connectivity index (χ0v) is 25.6. The number of aliphatic imine (C=N–C) groups is 1. The Morgan fingerprint density at radius 3 is 2.09 bits per heavy atom. The fourth-order valence-corrected chi connectivity index (χ4v) is 8.21. The Hall–Kier alpha value is -5.23. The van der Waals surface area contributed by atoms with Crippen LogP contribution < -0.4 is 5.32 Å². The summed E-state index contributed by atoms with van der Waals surface area (Å²) in [6, 6.07) is 52.2. The van der Waals surface area contributed by atoms with Crippen molar-refractivity contribution in [3.8, 4) is 5.69 Å². The van der Waals surface area contributed by atoms with Crippen LogP contribution in [0.15, 0.2) is 151 Å². The average Bonchev–Trinajstić information content (AvgIpc) is 3.65. The fraction of sp³-hybridized carbons (Fsp3) is 0.0750. The van der Waals surface area contributed by atoms with E-state index in [0.717, 1.165) is 22.6 Å². The number of amidine groups is 1. The number of benzene rings is 6. The van der Waals surface area contributed by atoms with Gasteiger partial charge >= 0.3 is 0 Å². The molecule has 8 aromatic rings. The Kier molecular flexibility index (Phi) is 6.08. The van der Waals surface area contributed by atoms with E-state index in [2.05, 4.69) is 161 Å². The monoisotopic (exact) mass is 598 g/mol. The van der Waals surface area contributed by atoms with Gasteiger partial charge in [0.2, 0.25) is 0 Å². The van der Waals surface area contributed by atoms with Crippen molar-refractivity contribution in [2.45, 2.75) is 12.3 Å². The summed E-state index contributed by atoms with van der Waals surface area (Å²) in [5.74, 6) is 0.909. The van der Waals surface area contributed by atoms with Crippen LogP contribution in [0.25, 0.3) is 47.7 Å². The summed E-state index contributed by atoms with van der Waals surface area (Å²) in [5.41, 5.74) is 7.06. The van der Waals surface area contributed by atoms with Crippen LogP contribution in [0.5, 0.6) is 0 Å². The van der Waals surface area contributed by atoms with E-state index in [-0.39, 0.29) is 12.3 Å². The van der Waals surface area contributed by atoms with Crippen molar-refractivity contribution in [2.75, 3.05) is 7.05 Å². The predicted molar refractivity (Wildman–Crippen MR) is 189 cm³/mol. The quantitative estimate of drug-likeness (QED) is 0.219. The van der Waals surface area contributed by atoms with Gasteiger partial charge in [0, 0.05) is 42.2 Å². The lowest BCUT2D eigenvalue weighted by atomic mass is 10.0. The van der Waals surface area contributed by atoms with Gasteiger partial charge in [-0.15, -0.1) is 11.3 Å². The molecule has 3 heterocycles. The van der Waals surface area contributed by atoms with Crippen LogP contribution >= 0.6 is 11.3 Å². The van der Waals surface area contributed by atoms with Gasteiger partial charge in [-0.05, 0) is 48.5 Å². The zero-order chi connectivity index (χ0) is 29.9. The van der Waals surface area contributed by atoms with Crippen molar-refractivity contribution >= 4 is 59.2 Å². The highest BCUT2D eigenvalue weighted by molar-refractivity contribution is 7.26. The molecule has 45 heavy (non-hydrogen) atoms. The highest BCUT2D eigenvalue weighted by Gasteiger charge is 2.31. The molecule has 0 spiro atoms. The minimum absolute atomic E-state index is 0.00960. The maximum absolute atomic E-state index is 5.25. The van der Waals surface area contributed by atoms with E-state index < -0.39 is 0 Å². The van der Waals surface area contributed by atoms with E-state index in [9.17, 15) is 0 Å². The molecule has 1 N–H and O–H groups in total. The number of thiophene rings is 1. The van der Waals surface area contributed by atoms with Crippen molar-refractivity contribution < 1.29 is 0 Å². The first-order chi connectivity index (χ1) is 22.2. The Morgan fingerprint density at radius 1 is 0.600 bits per heavy atom. The van der Waals surface area contributed by atoms with Crippen LogP contribution in [0.1, 0.15) is 29.0 Å². The third kappa shape index (κ3) is 4.20. The summed E-state index contributed by atoms with van der Waals surface area (Å²) in [5, 5.41) is 8.98. The molecule has 0 saturated carbocycles. The summed E-state index contributed by atoms with van der Waals surface area (Å²) in [6.07, 6.45) is -0.151. The summed E-state index contributed by atoms with van der Waals surface area (Å²) < 4.78 is 5.10. The van der Waals surface area contributed by atoms with Gasteiger partial charge in [0.05, 0.1) is 11.0 Å². The van der Waals surface area contributed by atoms with E-state index in [0.29, 0.717) is 0 Å². The van der Waals surface area contributed by atoms with Crippen molar-refractivity contribution in [3.05, 3.63) is 162 Å². The number of aromatic nitrogens is 1. The Bertz CT molecular complexity index is 2370. The highest BCUT2D eigenvalue weighted by Crippen LogP contribution is 2.43. The second-order valence-corrected chi connectivity index (χ2v) is 12.8. The number of para-hydroxylation sites is 1. The molecule has 0 aliphatic carbocycles. The maximum atomic E-state index is 5.25. The topological polar surface area (TPSA) is 32.6 Å². The molecule has 4 nitrogen and oxygen atoms in total. The van der Waals surface area contributed by atoms with Gasteiger partial charge in [-0.25, -0.2) is 4.99 Å². The van der Waals surface area contributed by atoms with E-state index >= 15 is 0 Å². The standard InChI is InChI=1S/C40H30N4S/c1-43-39(27-14-6-3-7-15-27)41-38(26-12-4-2-5-13-26)42-40(43)28-20-22-29(23-21-28)44-33-18-10-8-17-32(33)36-34(44)25-24-31-30-16-9-11-19-35(30)45-37(31)36/h2-25,39-40H,1H3,(H,41,42). The summed E-state index contributed by atoms with van der Waals surface area (Å²) in [4.78, 5) is 7.57. The van der Waals surface area contributed by atoms with Gasteiger partial charge in [-0.1, -0.05) is 115 Å². The van der Waals surface area contributed by atoms with Gasteiger partial charge in [-0.2, -0.15) is 0 Å². The number of rotatable bonds is 4. The lowest BCUT2D eigenvalue weighted by Gasteiger charge is -2.39. The number of hydrogen-bond acceptors (Lipinski definition) is 4. The Morgan fingerprint density at radius 2 is 1.29 bits per heavy atom. The van der Waals surface area contributed by atoms with Crippen LogP contribution in [0.2, 0.25) is 0 Å². The largest absolute Gasteiger partial charge is 0.350 e. The summed E-state index contributed by atoms with van der Waals surface area (Å²) in [6.45, 7) is 0.